The Hall–Kier alpha value is -2.18. The van der Waals surface area contributed by atoms with Crippen molar-refractivity contribution < 1.29 is 13.2 Å². The molecule has 2 aromatic carbocycles. The van der Waals surface area contributed by atoms with Crippen LogP contribution in [0.3, 0.4) is 0 Å². The van der Waals surface area contributed by atoms with Gasteiger partial charge in [0.2, 0.25) is 15.9 Å². The van der Waals surface area contributed by atoms with Crippen LogP contribution in [0.15, 0.2) is 42.5 Å². The highest BCUT2D eigenvalue weighted by molar-refractivity contribution is 7.88. The number of sulfonamides is 1. The maximum Gasteiger partial charge on any atom is 0.224 e. The number of nitrogens with one attached hydrogen (secondary N) is 1. The molecule has 0 fully saturated rings. The Morgan fingerprint density at radius 1 is 1.10 bits per heavy atom. The van der Waals surface area contributed by atoms with E-state index in [-0.39, 0.29) is 11.3 Å². The lowest BCUT2D eigenvalue weighted by molar-refractivity contribution is -0.116. The summed E-state index contributed by atoms with van der Waals surface area (Å²) in [7, 11) is -3.21. The number of hydrogen-bond donors (Lipinski definition) is 1. The third kappa shape index (κ3) is 5.46. The van der Waals surface area contributed by atoms with Crippen LogP contribution < -0.4 is 5.32 Å². The lowest BCUT2D eigenvalue weighted by Gasteiger charge is -2.28. The molecule has 3 rings (SSSR count). The van der Waals surface area contributed by atoms with E-state index >= 15 is 0 Å². The first kappa shape index (κ1) is 21.5. The van der Waals surface area contributed by atoms with E-state index in [1.54, 1.807) is 0 Å². The predicted octanol–water partition coefficient (Wildman–Crippen LogP) is 3.87. The van der Waals surface area contributed by atoms with Gasteiger partial charge in [0.15, 0.2) is 0 Å². The number of hydrogen-bond acceptors (Lipinski definition) is 3. The van der Waals surface area contributed by atoms with Gasteiger partial charge in [0.25, 0.3) is 0 Å². The quantitative estimate of drug-likeness (QED) is 0.808. The molecule has 0 spiro atoms. The van der Waals surface area contributed by atoms with Gasteiger partial charge in [0, 0.05) is 25.2 Å². The fraction of sp³-hybridized carbons (Fsp3) is 0.435. The molecule has 0 saturated carbocycles. The standard InChI is InChI=1S/C23H30N2O3S/c1-23(2,3)19-11-8-17(9-12-19)10-13-22(26)24-21-7-5-6-18-16-25(29(4,27)28)15-14-20(18)21/h5-9,11-12H,10,13-16H2,1-4H3,(H,24,26). The molecule has 0 atom stereocenters. The molecule has 0 bridgehead atoms. The van der Waals surface area contributed by atoms with Gasteiger partial charge in [0.1, 0.15) is 0 Å². The summed E-state index contributed by atoms with van der Waals surface area (Å²) in [6, 6.07) is 14.1. The summed E-state index contributed by atoms with van der Waals surface area (Å²) in [5.41, 5.74) is 5.34. The number of anilines is 1. The van der Waals surface area contributed by atoms with Crippen molar-refractivity contribution in [2.45, 2.75) is 52.0 Å². The first-order chi connectivity index (χ1) is 13.5. The van der Waals surface area contributed by atoms with E-state index in [2.05, 4.69) is 50.4 Å². The largest absolute Gasteiger partial charge is 0.326 e. The molecule has 0 aliphatic carbocycles. The number of carbonyl (C=O) groups is 1. The molecule has 1 amide bonds. The van der Waals surface area contributed by atoms with Gasteiger partial charge in [-0.05, 0) is 46.6 Å². The van der Waals surface area contributed by atoms with Crippen LogP contribution in [0.4, 0.5) is 5.69 Å². The maximum atomic E-state index is 12.5. The van der Waals surface area contributed by atoms with Crippen molar-refractivity contribution in [3.63, 3.8) is 0 Å². The van der Waals surface area contributed by atoms with E-state index in [1.807, 2.05) is 18.2 Å². The maximum absolute atomic E-state index is 12.5. The lowest BCUT2D eigenvalue weighted by Crippen LogP contribution is -2.35. The molecule has 1 aliphatic heterocycles. The minimum Gasteiger partial charge on any atom is -0.326 e. The first-order valence-electron chi connectivity index (χ1n) is 9.99. The Bertz CT molecular complexity index is 990. The molecule has 1 aliphatic rings. The second kappa shape index (κ2) is 8.28. The molecular formula is C23H30N2O3S. The Kier molecular flexibility index (Phi) is 6.15. The summed E-state index contributed by atoms with van der Waals surface area (Å²) in [5.74, 6) is -0.0242. The molecule has 1 heterocycles. The van der Waals surface area contributed by atoms with Crippen LogP contribution in [0.5, 0.6) is 0 Å². The fourth-order valence-corrected chi connectivity index (χ4v) is 4.42. The highest BCUT2D eigenvalue weighted by atomic mass is 32.2. The summed E-state index contributed by atoms with van der Waals surface area (Å²) >= 11 is 0. The molecule has 29 heavy (non-hydrogen) atoms. The van der Waals surface area contributed by atoms with Crippen LogP contribution in [0.2, 0.25) is 0 Å². The topological polar surface area (TPSA) is 66.5 Å². The normalized spacial score (nSPS) is 15.0. The molecule has 156 valence electrons. The number of nitrogens with zero attached hydrogens (tertiary/aromatic N) is 1. The zero-order chi connectivity index (χ0) is 21.2. The van der Waals surface area contributed by atoms with Crippen LogP contribution in [0.25, 0.3) is 0 Å². The molecule has 0 saturated heterocycles. The summed E-state index contributed by atoms with van der Waals surface area (Å²) < 4.78 is 25.1. The van der Waals surface area contributed by atoms with Gasteiger partial charge in [-0.15, -0.1) is 0 Å². The highest BCUT2D eigenvalue weighted by Gasteiger charge is 2.24. The monoisotopic (exact) mass is 414 g/mol. The number of fused-ring (bicyclic) bond motifs is 1. The van der Waals surface area contributed by atoms with Crippen molar-refractivity contribution in [3.8, 4) is 0 Å². The van der Waals surface area contributed by atoms with E-state index in [1.165, 1.54) is 16.1 Å². The molecule has 0 radical (unpaired) electrons. The van der Waals surface area contributed by atoms with Gasteiger partial charge in [0.05, 0.1) is 6.26 Å². The fourth-order valence-electron chi connectivity index (χ4n) is 3.63. The Morgan fingerprint density at radius 3 is 2.41 bits per heavy atom. The van der Waals surface area contributed by atoms with E-state index in [4.69, 9.17) is 0 Å². The molecule has 2 aromatic rings. The van der Waals surface area contributed by atoms with Gasteiger partial charge in [-0.3, -0.25) is 4.79 Å². The van der Waals surface area contributed by atoms with E-state index < -0.39 is 10.0 Å². The smallest absolute Gasteiger partial charge is 0.224 e. The average Bonchev–Trinajstić information content (AvgIpc) is 2.65. The number of rotatable bonds is 5. The van der Waals surface area contributed by atoms with Gasteiger partial charge in [-0.25, -0.2) is 8.42 Å². The molecule has 5 nitrogen and oxygen atoms in total. The van der Waals surface area contributed by atoms with Crippen LogP contribution in [-0.2, 0) is 39.6 Å². The van der Waals surface area contributed by atoms with Crippen LogP contribution in [0.1, 0.15) is 49.4 Å². The van der Waals surface area contributed by atoms with E-state index in [0.717, 1.165) is 22.4 Å². The average molecular weight is 415 g/mol. The SMILES string of the molecule is CC(C)(C)c1ccc(CCC(=O)Nc2cccc3c2CCN(S(C)(=O)=O)C3)cc1. The zero-order valence-corrected chi connectivity index (χ0v) is 18.5. The predicted molar refractivity (Wildman–Crippen MR) is 117 cm³/mol. The minimum atomic E-state index is -3.21. The van der Waals surface area contributed by atoms with Crippen molar-refractivity contribution in [2.75, 3.05) is 18.1 Å². The van der Waals surface area contributed by atoms with Crippen LogP contribution in [0, 0.1) is 0 Å². The third-order valence-corrected chi connectivity index (χ3v) is 6.68. The summed E-state index contributed by atoms with van der Waals surface area (Å²) in [6.07, 6.45) is 2.94. The summed E-state index contributed by atoms with van der Waals surface area (Å²) in [6.45, 7) is 7.36. The lowest BCUT2D eigenvalue weighted by atomic mass is 9.86. The third-order valence-electron chi connectivity index (χ3n) is 5.43. The van der Waals surface area contributed by atoms with Gasteiger partial charge < -0.3 is 5.32 Å². The van der Waals surface area contributed by atoms with Gasteiger partial charge >= 0.3 is 0 Å². The van der Waals surface area contributed by atoms with Gasteiger partial charge in [-0.1, -0.05) is 57.2 Å². The zero-order valence-electron chi connectivity index (χ0n) is 17.7. The minimum absolute atomic E-state index is 0.0242. The van der Waals surface area contributed by atoms with Crippen LogP contribution >= 0.6 is 0 Å². The Labute approximate surface area is 174 Å². The van der Waals surface area contributed by atoms with E-state index in [9.17, 15) is 13.2 Å². The number of benzene rings is 2. The van der Waals surface area contributed by atoms with Gasteiger partial charge in [-0.2, -0.15) is 4.31 Å². The van der Waals surface area contributed by atoms with E-state index in [0.29, 0.717) is 32.4 Å². The summed E-state index contributed by atoms with van der Waals surface area (Å²) in [5, 5.41) is 3.02. The van der Waals surface area contributed by atoms with Crippen molar-refractivity contribution >= 4 is 21.6 Å². The Balaban J connectivity index is 1.62. The number of amides is 1. The summed E-state index contributed by atoms with van der Waals surface area (Å²) in [4.78, 5) is 12.5. The van der Waals surface area contributed by atoms with Crippen molar-refractivity contribution in [1.82, 2.24) is 4.31 Å². The Morgan fingerprint density at radius 2 is 1.79 bits per heavy atom. The second-order valence-corrected chi connectivity index (χ2v) is 10.8. The highest BCUT2D eigenvalue weighted by Crippen LogP contribution is 2.27. The van der Waals surface area contributed by atoms with Crippen LogP contribution in [-0.4, -0.2) is 31.4 Å². The van der Waals surface area contributed by atoms with Crippen molar-refractivity contribution in [3.05, 3.63) is 64.7 Å². The first-order valence-corrected chi connectivity index (χ1v) is 11.8. The number of carbonyl (C=O) groups excluding carboxylic acids is 1. The second-order valence-electron chi connectivity index (χ2n) is 8.78. The van der Waals surface area contributed by atoms with Crippen molar-refractivity contribution in [2.24, 2.45) is 0 Å². The molecular weight excluding hydrogens is 384 g/mol. The molecule has 0 aromatic heterocycles. The number of aryl methyl sites for hydroxylation is 1. The molecule has 6 heteroatoms. The molecule has 0 unspecified atom stereocenters. The molecule has 1 N–H and O–H groups in total. The van der Waals surface area contributed by atoms with Crippen molar-refractivity contribution in [1.29, 1.82) is 0 Å².